The van der Waals surface area contributed by atoms with Crippen LogP contribution in [0.5, 0.6) is 0 Å². The lowest BCUT2D eigenvalue weighted by atomic mass is 10.1. The Kier molecular flexibility index (Phi) is 1.83. The topological polar surface area (TPSA) is 43.8 Å². The molecular weight excluding hydrogens is 186 g/mol. The lowest BCUT2D eigenvalue weighted by molar-refractivity contribution is 0.762. The van der Waals surface area contributed by atoms with Gasteiger partial charge in [0.25, 0.3) is 0 Å². The Bertz CT molecular complexity index is 509. The summed E-state index contributed by atoms with van der Waals surface area (Å²) >= 11 is 0. The molecular formula is C12H15N3. The van der Waals surface area contributed by atoms with Gasteiger partial charge in [-0.05, 0) is 37.0 Å². The van der Waals surface area contributed by atoms with Crippen LogP contribution in [0.2, 0.25) is 0 Å². The van der Waals surface area contributed by atoms with Gasteiger partial charge in [-0.1, -0.05) is 0 Å². The molecule has 2 N–H and O–H groups in total. The van der Waals surface area contributed by atoms with Crippen LogP contribution in [0.25, 0.3) is 11.0 Å². The number of hydrogen-bond acceptors (Lipinski definition) is 2. The van der Waals surface area contributed by atoms with E-state index in [1.807, 2.05) is 6.20 Å². The molecule has 1 fully saturated rings. The van der Waals surface area contributed by atoms with Gasteiger partial charge in [0.2, 0.25) is 0 Å². The van der Waals surface area contributed by atoms with Crippen molar-refractivity contribution in [3.05, 3.63) is 29.6 Å². The molecule has 0 saturated heterocycles. The van der Waals surface area contributed by atoms with Gasteiger partial charge < -0.3 is 10.3 Å². The van der Waals surface area contributed by atoms with Gasteiger partial charge in [0.15, 0.2) is 0 Å². The highest BCUT2D eigenvalue weighted by atomic mass is 15.1. The van der Waals surface area contributed by atoms with Crippen LogP contribution in [-0.4, -0.2) is 9.55 Å². The third-order valence-electron chi connectivity index (χ3n) is 3.16. The van der Waals surface area contributed by atoms with E-state index in [2.05, 4.69) is 28.7 Å². The van der Waals surface area contributed by atoms with Crippen molar-refractivity contribution >= 4 is 11.0 Å². The monoisotopic (exact) mass is 201 g/mol. The van der Waals surface area contributed by atoms with Crippen molar-refractivity contribution in [3.63, 3.8) is 0 Å². The Morgan fingerprint density at radius 1 is 1.53 bits per heavy atom. The Morgan fingerprint density at radius 2 is 2.33 bits per heavy atom. The van der Waals surface area contributed by atoms with E-state index in [4.69, 9.17) is 5.73 Å². The Morgan fingerprint density at radius 3 is 3.00 bits per heavy atom. The molecule has 0 aliphatic heterocycles. The molecule has 1 saturated carbocycles. The maximum absolute atomic E-state index is 5.78. The van der Waals surface area contributed by atoms with Crippen LogP contribution in [0.1, 0.15) is 30.0 Å². The van der Waals surface area contributed by atoms with Gasteiger partial charge in [0.1, 0.15) is 5.65 Å². The summed E-state index contributed by atoms with van der Waals surface area (Å²) in [6, 6.07) is 2.72. The summed E-state index contributed by atoms with van der Waals surface area (Å²) < 4.78 is 2.30. The summed E-state index contributed by atoms with van der Waals surface area (Å²) in [5, 5.41) is 1.26. The highest BCUT2D eigenvalue weighted by molar-refractivity contribution is 5.84. The number of nitrogens with zero attached hydrogens (tertiary/aromatic N) is 2. The maximum atomic E-state index is 5.78. The molecule has 0 amide bonds. The van der Waals surface area contributed by atoms with Gasteiger partial charge in [-0.15, -0.1) is 0 Å². The van der Waals surface area contributed by atoms with E-state index < -0.39 is 0 Å². The number of rotatable bonds is 2. The number of nitrogens with two attached hydrogens (primary N) is 1. The van der Waals surface area contributed by atoms with E-state index in [1.54, 1.807) is 0 Å². The van der Waals surface area contributed by atoms with Crippen molar-refractivity contribution in [1.82, 2.24) is 9.55 Å². The fourth-order valence-electron chi connectivity index (χ4n) is 2.22. The standard InChI is InChI=1S/C12H15N3/c1-8-4-5-14-12-11(8)9(6-13)7-15(12)10-2-3-10/h4-5,7,10H,2-3,6,13H2,1H3. The number of fused-ring (bicyclic) bond motifs is 1. The molecule has 0 aromatic carbocycles. The quantitative estimate of drug-likeness (QED) is 0.809. The molecule has 78 valence electrons. The second kappa shape index (κ2) is 3.07. The van der Waals surface area contributed by atoms with Crippen LogP contribution in [0.3, 0.4) is 0 Å². The van der Waals surface area contributed by atoms with Crippen molar-refractivity contribution in [2.45, 2.75) is 32.4 Å². The zero-order valence-corrected chi connectivity index (χ0v) is 8.90. The lowest BCUT2D eigenvalue weighted by Crippen LogP contribution is -1.95. The SMILES string of the molecule is Cc1ccnc2c1c(CN)cn2C1CC1. The van der Waals surface area contributed by atoms with Crippen molar-refractivity contribution in [1.29, 1.82) is 0 Å². The summed E-state index contributed by atoms with van der Waals surface area (Å²) in [4.78, 5) is 4.48. The van der Waals surface area contributed by atoms with Gasteiger partial charge in [-0.2, -0.15) is 0 Å². The van der Waals surface area contributed by atoms with Crippen molar-refractivity contribution in [2.24, 2.45) is 5.73 Å². The zero-order valence-electron chi connectivity index (χ0n) is 8.90. The molecule has 3 rings (SSSR count). The molecule has 3 nitrogen and oxygen atoms in total. The van der Waals surface area contributed by atoms with E-state index in [0.717, 1.165) is 5.65 Å². The summed E-state index contributed by atoms with van der Waals surface area (Å²) in [6.45, 7) is 2.73. The van der Waals surface area contributed by atoms with E-state index in [0.29, 0.717) is 12.6 Å². The normalized spacial score (nSPS) is 16.1. The Hall–Kier alpha value is -1.35. The van der Waals surface area contributed by atoms with Crippen LogP contribution < -0.4 is 5.73 Å². The van der Waals surface area contributed by atoms with Crippen molar-refractivity contribution in [3.8, 4) is 0 Å². The minimum absolute atomic E-state index is 0.600. The predicted octanol–water partition coefficient (Wildman–Crippen LogP) is 2.14. The first-order valence-corrected chi connectivity index (χ1v) is 5.46. The van der Waals surface area contributed by atoms with E-state index in [9.17, 15) is 0 Å². The fourth-order valence-corrected chi connectivity index (χ4v) is 2.22. The van der Waals surface area contributed by atoms with Crippen LogP contribution in [0, 0.1) is 6.92 Å². The molecule has 0 radical (unpaired) electrons. The highest BCUT2D eigenvalue weighted by Gasteiger charge is 2.26. The molecule has 3 heteroatoms. The number of aromatic nitrogens is 2. The number of pyridine rings is 1. The second-order valence-corrected chi connectivity index (χ2v) is 4.32. The third-order valence-corrected chi connectivity index (χ3v) is 3.16. The summed E-state index contributed by atoms with van der Waals surface area (Å²) in [7, 11) is 0. The lowest BCUT2D eigenvalue weighted by Gasteiger charge is -2.01. The first-order valence-electron chi connectivity index (χ1n) is 5.46. The van der Waals surface area contributed by atoms with E-state index in [-0.39, 0.29) is 0 Å². The first kappa shape index (κ1) is 8.92. The Balaban J connectivity index is 2.33. The van der Waals surface area contributed by atoms with E-state index >= 15 is 0 Å². The minimum Gasteiger partial charge on any atom is -0.329 e. The molecule has 0 spiro atoms. The average molecular weight is 201 g/mol. The smallest absolute Gasteiger partial charge is 0.140 e. The first-order chi connectivity index (χ1) is 7.31. The van der Waals surface area contributed by atoms with Gasteiger partial charge >= 0.3 is 0 Å². The largest absolute Gasteiger partial charge is 0.329 e. The molecule has 2 aromatic rings. The molecule has 0 atom stereocenters. The molecule has 1 aliphatic rings. The second-order valence-electron chi connectivity index (χ2n) is 4.32. The molecule has 15 heavy (non-hydrogen) atoms. The van der Waals surface area contributed by atoms with Gasteiger partial charge in [0.05, 0.1) is 0 Å². The zero-order chi connectivity index (χ0) is 10.4. The molecule has 0 bridgehead atoms. The van der Waals surface area contributed by atoms with Crippen molar-refractivity contribution in [2.75, 3.05) is 0 Å². The summed E-state index contributed by atoms with van der Waals surface area (Å²) in [6.07, 6.45) is 6.63. The maximum Gasteiger partial charge on any atom is 0.140 e. The van der Waals surface area contributed by atoms with Crippen LogP contribution in [-0.2, 0) is 6.54 Å². The van der Waals surface area contributed by atoms with Gasteiger partial charge in [-0.25, -0.2) is 4.98 Å². The number of hydrogen-bond donors (Lipinski definition) is 1. The molecule has 2 heterocycles. The van der Waals surface area contributed by atoms with E-state index in [1.165, 1.54) is 29.4 Å². The Labute approximate surface area is 88.9 Å². The molecule has 2 aromatic heterocycles. The predicted molar refractivity (Wildman–Crippen MR) is 60.6 cm³/mol. The van der Waals surface area contributed by atoms with Crippen molar-refractivity contribution < 1.29 is 0 Å². The van der Waals surface area contributed by atoms with Gasteiger partial charge in [0, 0.05) is 30.4 Å². The highest BCUT2D eigenvalue weighted by Crippen LogP contribution is 2.38. The fraction of sp³-hybridized carbons (Fsp3) is 0.417. The molecule has 0 unspecified atom stereocenters. The molecule has 1 aliphatic carbocycles. The minimum atomic E-state index is 0.600. The van der Waals surface area contributed by atoms with Crippen LogP contribution >= 0.6 is 0 Å². The van der Waals surface area contributed by atoms with Crippen LogP contribution in [0.15, 0.2) is 18.5 Å². The summed E-state index contributed by atoms with van der Waals surface area (Å²) in [5.41, 5.74) is 9.39. The third kappa shape index (κ3) is 1.27. The van der Waals surface area contributed by atoms with Crippen LogP contribution in [0.4, 0.5) is 0 Å². The average Bonchev–Trinajstić information content (AvgIpc) is 3.00. The summed E-state index contributed by atoms with van der Waals surface area (Å²) in [5.74, 6) is 0. The van der Waals surface area contributed by atoms with Gasteiger partial charge in [-0.3, -0.25) is 0 Å². The number of aryl methyl sites for hydroxylation is 1.